The molecule has 0 radical (unpaired) electrons. The summed E-state index contributed by atoms with van der Waals surface area (Å²) in [7, 11) is 0. The fourth-order valence-electron chi connectivity index (χ4n) is 4.95. The van der Waals surface area contributed by atoms with Crippen molar-refractivity contribution < 1.29 is 32.5 Å². The highest BCUT2D eigenvalue weighted by atomic mass is 19.4. The minimum absolute atomic E-state index is 0.0699. The summed E-state index contributed by atoms with van der Waals surface area (Å²) in [4.78, 5) is 16.6. The first kappa shape index (κ1) is 24.3. The summed E-state index contributed by atoms with van der Waals surface area (Å²) in [5, 5.41) is 9.30. The molecule has 1 N–H and O–H groups in total. The predicted octanol–water partition coefficient (Wildman–Crippen LogP) is 6.32. The standard InChI is InChI=1S/C25H29F3N2O4/c1-23(2,3)21-19(14-24(34-21)9-11-30(12-10-24)22(31)32)16-5-4-6-18(13-16)33-20-8-7-17(15-29-20)25(26,27)28/h4-8,13,15,19,21H,9-12,14H2,1-3H3,(H,31,32)/t19-,21?/m1/s1. The van der Waals surface area contributed by atoms with Gasteiger partial charge in [-0.3, -0.25) is 0 Å². The molecule has 34 heavy (non-hydrogen) atoms. The van der Waals surface area contributed by atoms with E-state index >= 15 is 0 Å². The fourth-order valence-corrected chi connectivity index (χ4v) is 4.95. The number of halogens is 3. The minimum Gasteiger partial charge on any atom is -0.465 e. The normalized spacial score (nSPS) is 22.7. The van der Waals surface area contributed by atoms with Gasteiger partial charge in [-0.25, -0.2) is 9.78 Å². The number of piperidine rings is 1. The SMILES string of the molecule is CC(C)(C)C1OC2(CCN(C(=O)O)CC2)C[C@@H]1c1cccc(Oc2ccc(C(F)(F)F)cn2)c1. The van der Waals surface area contributed by atoms with E-state index in [1.165, 1.54) is 11.0 Å². The summed E-state index contributed by atoms with van der Waals surface area (Å²) in [5.41, 5.74) is -0.337. The number of pyridine rings is 1. The molecular weight excluding hydrogens is 449 g/mol. The van der Waals surface area contributed by atoms with Crippen LogP contribution in [0.1, 0.15) is 57.1 Å². The molecule has 1 aromatic carbocycles. The molecule has 6 nitrogen and oxygen atoms in total. The molecule has 1 unspecified atom stereocenters. The molecule has 4 rings (SSSR count). The Morgan fingerprint density at radius 2 is 1.88 bits per heavy atom. The van der Waals surface area contributed by atoms with E-state index in [-0.39, 0.29) is 28.9 Å². The van der Waals surface area contributed by atoms with Crippen molar-refractivity contribution in [1.29, 1.82) is 0 Å². The van der Waals surface area contributed by atoms with Crippen molar-refractivity contribution in [3.05, 3.63) is 53.7 Å². The zero-order valence-corrected chi connectivity index (χ0v) is 19.4. The molecular formula is C25H29F3N2O4. The molecule has 0 bridgehead atoms. The van der Waals surface area contributed by atoms with Crippen molar-refractivity contribution in [2.45, 2.75) is 63.8 Å². The number of nitrogens with zero attached hydrogens (tertiary/aromatic N) is 2. The molecule has 2 aromatic rings. The van der Waals surface area contributed by atoms with Crippen molar-refractivity contribution in [2.24, 2.45) is 5.41 Å². The molecule has 0 saturated carbocycles. The van der Waals surface area contributed by atoms with Crippen LogP contribution in [0, 0.1) is 5.41 Å². The number of hydrogen-bond donors (Lipinski definition) is 1. The van der Waals surface area contributed by atoms with Crippen molar-refractivity contribution in [3.63, 3.8) is 0 Å². The van der Waals surface area contributed by atoms with E-state index in [2.05, 4.69) is 25.8 Å². The fraction of sp³-hybridized carbons (Fsp3) is 0.520. The molecule has 9 heteroatoms. The Morgan fingerprint density at radius 1 is 1.18 bits per heavy atom. The number of alkyl halides is 3. The molecule has 0 aliphatic carbocycles. The number of aromatic nitrogens is 1. The highest BCUT2D eigenvalue weighted by Crippen LogP contribution is 2.51. The number of likely N-dealkylation sites (tertiary alicyclic amines) is 1. The maximum absolute atomic E-state index is 12.8. The second-order valence-electron chi connectivity index (χ2n) is 10.2. The lowest BCUT2D eigenvalue weighted by Gasteiger charge is -2.39. The van der Waals surface area contributed by atoms with Gasteiger partial charge in [0.25, 0.3) is 0 Å². The molecule has 2 fully saturated rings. The van der Waals surface area contributed by atoms with Gasteiger partial charge in [0.1, 0.15) is 5.75 Å². The Labute approximate surface area is 196 Å². The zero-order valence-electron chi connectivity index (χ0n) is 19.4. The van der Waals surface area contributed by atoms with Gasteiger partial charge in [0.05, 0.1) is 17.3 Å². The van der Waals surface area contributed by atoms with Crippen LogP contribution in [0.15, 0.2) is 42.6 Å². The van der Waals surface area contributed by atoms with Gasteiger partial charge < -0.3 is 19.5 Å². The molecule has 2 aliphatic rings. The Morgan fingerprint density at radius 3 is 2.44 bits per heavy atom. The first-order chi connectivity index (χ1) is 15.9. The van der Waals surface area contributed by atoms with Gasteiger partial charge in [0.2, 0.25) is 5.88 Å². The number of carbonyl (C=O) groups is 1. The van der Waals surface area contributed by atoms with Crippen LogP contribution in [0.25, 0.3) is 0 Å². The smallest absolute Gasteiger partial charge is 0.417 e. The number of ether oxygens (including phenoxy) is 2. The molecule has 1 aromatic heterocycles. The minimum atomic E-state index is -4.45. The van der Waals surface area contributed by atoms with Crippen molar-refractivity contribution in [2.75, 3.05) is 13.1 Å². The van der Waals surface area contributed by atoms with Gasteiger partial charge in [-0.1, -0.05) is 32.9 Å². The quantitative estimate of drug-likeness (QED) is 0.559. The summed E-state index contributed by atoms with van der Waals surface area (Å²) in [6.07, 6.45) is -2.62. The molecule has 2 aliphatic heterocycles. The maximum Gasteiger partial charge on any atom is 0.417 e. The number of carboxylic acid groups (broad SMARTS) is 1. The maximum atomic E-state index is 12.8. The summed E-state index contributed by atoms with van der Waals surface area (Å²) in [5.74, 6) is 0.636. The summed E-state index contributed by atoms with van der Waals surface area (Å²) >= 11 is 0. The lowest BCUT2D eigenvalue weighted by molar-refractivity contribution is -0.137. The van der Waals surface area contributed by atoms with E-state index in [4.69, 9.17) is 9.47 Å². The molecule has 3 heterocycles. The zero-order chi connectivity index (χ0) is 24.7. The van der Waals surface area contributed by atoms with E-state index in [1.807, 2.05) is 18.2 Å². The second-order valence-corrected chi connectivity index (χ2v) is 10.2. The number of rotatable bonds is 3. The highest BCUT2D eigenvalue weighted by Gasteiger charge is 2.52. The van der Waals surface area contributed by atoms with Gasteiger partial charge in [0.15, 0.2) is 0 Å². The van der Waals surface area contributed by atoms with E-state index in [1.54, 1.807) is 6.07 Å². The van der Waals surface area contributed by atoms with Crippen LogP contribution in [-0.2, 0) is 10.9 Å². The molecule has 1 amide bonds. The lowest BCUT2D eigenvalue weighted by atomic mass is 9.75. The third-order valence-corrected chi connectivity index (χ3v) is 6.71. The molecule has 184 valence electrons. The number of amides is 1. The first-order valence-corrected chi connectivity index (χ1v) is 11.3. The van der Waals surface area contributed by atoms with Gasteiger partial charge in [-0.2, -0.15) is 13.2 Å². The van der Waals surface area contributed by atoms with Crippen LogP contribution in [0.5, 0.6) is 11.6 Å². The van der Waals surface area contributed by atoms with Crippen LogP contribution in [-0.4, -0.2) is 45.9 Å². The van der Waals surface area contributed by atoms with Crippen molar-refractivity contribution >= 4 is 6.09 Å². The van der Waals surface area contributed by atoms with Crippen LogP contribution >= 0.6 is 0 Å². The van der Waals surface area contributed by atoms with E-state index < -0.39 is 17.8 Å². The van der Waals surface area contributed by atoms with Crippen molar-refractivity contribution in [1.82, 2.24) is 9.88 Å². The average Bonchev–Trinajstić information content (AvgIpc) is 3.14. The largest absolute Gasteiger partial charge is 0.465 e. The Balaban J connectivity index is 1.54. The van der Waals surface area contributed by atoms with Gasteiger partial charge in [-0.05, 0) is 48.4 Å². The third kappa shape index (κ3) is 5.14. The Hall–Kier alpha value is -2.81. The lowest BCUT2D eigenvalue weighted by Crippen LogP contribution is -2.46. The second kappa shape index (κ2) is 8.76. The van der Waals surface area contributed by atoms with Crippen LogP contribution < -0.4 is 4.74 Å². The first-order valence-electron chi connectivity index (χ1n) is 11.3. The topological polar surface area (TPSA) is 71.9 Å². The third-order valence-electron chi connectivity index (χ3n) is 6.71. The van der Waals surface area contributed by atoms with Crippen LogP contribution in [0.2, 0.25) is 0 Å². The summed E-state index contributed by atoms with van der Waals surface area (Å²) < 4.78 is 50.8. The van der Waals surface area contributed by atoms with E-state index in [9.17, 15) is 23.1 Å². The van der Waals surface area contributed by atoms with Crippen LogP contribution in [0.3, 0.4) is 0 Å². The van der Waals surface area contributed by atoms with Crippen molar-refractivity contribution in [3.8, 4) is 11.6 Å². The highest BCUT2D eigenvalue weighted by molar-refractivity contribution is 5.65. The van der Waals surface area contributed by atoms with Gasteiger partial charge in [-0.15, -0.1) is 0 Å². The molecule has 1 spiro atoms. The van der Waals surface area contributed by atoms with Gasteiger partial charge >= 0.3 is 12.3 Å². The summed E-state index contributed by atoms with van der Waals surface area (Å²) in [6, 6.07) is 9.64. The molecule has 2 saturated heterocycles. The van der Waals surface area contributed by atoms with E-state index in [0.717, 1.165) is 24.2 Å². The van der Waals surface area contributed by atoms with Crippen LogP contribution in [0.4, 0.5) is 18.0 Å². The van der Waals surface area contributed by atoms with Gasteiger partial charge in [0, 0.05) is 31.3 Å². The Kier molecular flexibility index (Phi) is 6.27. The average molecular weight is 479 g/mol. The monoisotopic (exact) mass is 478 g/mol. The number of benzene rings is 1. The van der Waals surface area contributed by atoms with E-state index in [0.29, 0.717) is 31.7 Å². The Bertz CT molecular complexity index is 1030. The summed E-state index contributed by atoms with van der Waals surface area (Å²) in [6.45, 7) is 7.27. The predicted molar refractivity (Wildman–Crippen MR) is 119 cm³/mol. The molecule has 2 atom stereocenters. The number of hydrogen-bond acceptors (Lipinski definition) is 4.